The summed E-state index contributed by atoms with van der Waals surface area (Å²) in [5.74, 6) is -0.306. The maximum Gasteiger partial charge on any atom is 0.337 e. The quantitative estimate of drug-likeness (QED) is 0.639. The van der Waals surface area contributed by atoms with E-state index < -0.39 is 0 Å². The van der Waals surface area contributed by atoms with Gasteiger partial charge >= 0.3 is 5.97 Å². The number of aromatic nitrogens is 1. The van der Waals surface area contributed by atoms with E-state index >= 15 is 0 Å². The zero-order valence-corrected chi connectivity index (χ0v) is 11.7. The number of benzene rings is 1. The average molecular weight is 260 g/mol. The van der Waals surface area contributed by atoms with Crippen LogP contribution >= 0.6 is 0 Å². The van der Waals surface area contributed by atoms with E-state index in [9.17, 15) is 4.79 Å². The standard InChI is InChI=1S/C15H20N2O2/c1-4-5-6-16-13-9-12(15(18)19-3)8-11-7-10(2)17-14(11)13/h7-9,16-17H,4-6H2,1-3H3. The van der Waals surface area contributed by atoms with Gasteiger partial charge in [0.2, 0.25) is 0 Å². The minimum Gasteiger partial charge on any atom is -0.465 e. The molecule has 0 saturated heterocycles. The molecule has 2 rings (SSSR count). The molecule has 0 saturated carbocycles. The van der Waals surface area contributed by atoms with Gasteiger partial charge in [-0.1, -0.05) is 13.3 Å². The Hall–Kier alpha value is -1.97. The molecule has 1 aromatic carbocycles. The van der Waals surface area contributed by atoms with Gasteiger partial charge in [0.05, 0.1) is 23.9 Å². The number of aryl methyl sites for hydroxylation is 1. The van der Waals surface area contributed by atoms with Crippen molar-refractivity contribution in [3.63, 3.8) is 0 Å². The largest absolute Gasteiger partial charge is 0.465 e. The fourth-order valence-corrected chi connectivity index (χ4v) is 2.16. The highest BCUT2D eigenvalue weighted by atomic mass is 16.5. The summed E-state index contributed by atoms with van der Waals surface area (Å²) in [4.78, 5) is 15.0. The van der Waals surface area contributed by atoms with E-state index in [1.807, 2.05) is 25.1 Å². The molecule has 2 N–H and O–H groups in total. The topological polar surface area (TPSA) is 54.1 Å². The first-order valence-electron chi connectivity index (χ1n) is 6.61. The summed E-state index contributed by atoms with van der Waals surface area (Å²) in [5, 5.41) is 4.41. The van der Waals surface area contributed by atoms with Crippen LogP contribution < -0.4 is 5.32 Å². The second-order valence-electron chi connectivity index (χ2n) is 4.71. The number of rotatable bonds is 5. The van der Waals surface area contributed by atoms with E-state index in [1.54, 1.807) is 0 Å². The lowest BCUT2D eigenvalue weighted by atomic mass is 10.1. The number of hydrogen-bond acceptors (Lipinski definition) is 3. The monoisotopic (exact) mass is 260 g/mol. The van der Waals surface area contributed by atoms with Crippen molar-refractivity contribution >= 4 is 22.6 Å². The van der Waals surface area contributed by atoms with E-state index in [0.29, 0.717) is 5.56 Å². The van der Waals surface area contributed by atoms with Gasteiger partial charge in [0.15, 0.2) is 0 Å². The number of anilines is 1. The third kappa shape index (κ3) is 2.89. The number of nitrogens with one attached hydrogen (secondary N) is 2. The highest BCUT2D eigenvalue weighted by Crippen LogP contribution is 2.26. The molecule has 0 amide bonds. The van der Waals surface area contributed by atoms with Crippen LogP contribution in [0.25, 0.3) is 10.9 Å². The molecule has 0 aliphatic rings. The predicted octanol–water partition coefficient (Wildman–Crippen LogP) is 3.47. The van der Waals surface area contributed by atoms with E-state index in [4.69, 9.17) is 4.74 Å². The molecule has 19 heavy (non-hydrogen) atoms. The number of H-pyrrole nitrogens is 1. The van der Waals surface area contributed by atoms with Crippen LogP contribution in [0, 0.1) is 6.92 Å². The van der Waals surface area contributed by atoms with Crippen molar-refractivity contribution in [2.24, 2.45) is 0 Å². The van der Waals surface area contributed by atoms with Crippen molar-refractivity contribution in [2.75, 3.05) is 19.0 Å². The highest BCUT2D eigenvalue weighted by molar-refractivity contribution is 6.00. The van der Waals surface area contributed by atoms with Gasteiger partial charge in [-0.3, -0.25) is 0 Å². The molecule has 0 aliphatic heterocycles. The molecule has 0 unspecified atom stereocenters. The Balaban J connectivity index is 2.42. The van der Waals surface area contributed by atoms with Gasteiger partial charge in [-0.25, -0.2) is 4.79 Å². The molecule has 2 aromatic rings. The van der Waals surface area contributed by atoms with Crippen molar-refractivity contribution in [2.45, 2.75) is 26.7 Å². The SMILES string of the molecule is CCCCNc1cc(C(=O)OC)cc2cc(C)[nH]c12. The van der Waals surface area contributed by atoms with Crippen LogP contribution in [0.5, 0.6) is 0 Å². The molecule has 4 nitrogen and oxygen atoms in total. The Kier molecular flexibility index (Phi) is 4.10. The molecule has 0 atom stereocenters. The summed E-state index contributed by atoms with van der Waals surface area (Å²) in [7, 11) is 1.40. The third-order valence-corrected chi connectivity index (χ3v) is 3.13. The number of ether oxygens (including phenoxy) is 1. The number of aromatic amines is 1. The number of esters is 1. The first kappa shape index (κ1) is 13.5. The van der Waals surface area contributed by atoms with Crippen molar-refractivity contribution < 1.29 is 9.53 Å². The number of carbonyl (C=O) groups excluding carboxylic acids is 1. The summed E-state index contributed by atoms with van der Waals surface area (Å²) >= 11 is 0. The van der Waals surface area contributed by atoms with E-state index in [-0.39, 0.29) is 5.97 Å². The minimum absolute atomic E-state index is 0.306. The van der Waals surface area contributed by atoms with Crippen LogP contribution in [-0.4, -0.2) is 24.6 Å². The van der Waals surface area contributed by atoms with Crippen molar-refractivity contribution in [3.8, 4) is 0 Å². The lowest BCUT2D eigenvalue weighted by Gasteiger charge is -2.09. The smallest absolute Gasteiger partial charge is 0.337 e. The van der Waals surface area contributed by atoms with Crippen molar-refractivity contribution in [1.29, 1.82) is 0 Å². The molecule has 0 radical (unpaired) electrons. The summed E-state index contributed by atoms with van der Waals surface area (Å²) in [6.07, 6.45) is 2.24. The molecule has 0 bridgehead atoms. The lowest BCUT2D eigenvalue weighted by molar-refractivity contribution is 0.0601. The van der Waals surface area contributed by atoms with Gasteiger partial charge in [0, 0.05) is 17.6 Å². The minimum atomic E-state index is -0.306. The zero-order chi connectivity index (χ0) is 13.8. The summed E-state index contributed by atoms with van der Waals surface area (Å²) in [6, 6.07) is 5.74. The van der Waals surface area contributed by atoms with Gasteiger partial charge < -0.3 is 15.0 Å². The summed E-state index contributed by atoms with van der Waals surface area (Å²) < 4.78 is 4.80. The second kappa shape index (κ2) is 5.78. The number of hydrogen-bond donors (Lipinski definition) is 2. The Morgan fingerprint density at radius 3 is 2.84 bits per heavy atom. The Bertz CT molecular complexity index is 587. The normalized spacial score (nSPS) is 10.7. The van der Waals surface area contributed by atoms with Crippen molar-refractivity contribution in [1.82, 2.24) is 4.98 Å². The summed E-state index contributed by atoms with van der Waals surface area (Å²) in [6.45, 7) is 5.06. The van der Waals surface area contributed by atoms with Gasteiger partial charge in [0.1, 0.15) is 0 Å². The highest BCUT2D eigenvalue weighted by Gasteiger charge is 2.11. The van der Waals surface area contributed by atoms with E-state index in [0.717, 1.165) is 41.7 Å². The molecule has 0 aliphatic carbocycles. The van der Waals surface area contributed by atoms with Gasteiger partial charge in [0.25, 0.3) is 0 Å². The van der Waals surface area contributed by atoms with Gasteiger partial charge in [-0.05, 0) is 31.5 Å². The first-order chi connectivity index (χ1) is 9.15. The van der Waals surface area contributed by atoms with Crippen LogP contribution in [0.3, 0.4) is 0 Å². The molecule has 1 aromatic heterocycles. The molecular formula is C15H20N2O2. The van der Waals surface area contributed by atoms with Gasteiger partial charge in [-0.15, -0.1) is 0 Å². The molecule has 0 fully saturated rings. The fraction of sp³-hybridized carbons (Fsp3) is 0.400. The predicted molar refractivity (Wildman–Crippen MR) is 77.8 cm³/mol. The average Bonchev–Trinajstić information content (AvgIpc) is 2.78. The fourth-order valence-electron chi connectivity index (χ4n) is 2.16. The lowest BCUT2D eigenvalue weighted by Crippen LogP contribution is -2.05. The zero-order valence-electron chi connectivity index (χ0n) is 11.7. The van der Waals surface area contributed by atoms with E-state index in [1.165, 1.54) is 7.11 Å². The summed E-state index contributed by atoms with van der Waals surface area (Å²) in [5.41, 5.74) is 3.66. The second-order valence-corrected chi connectivity index (χ2v) is 4.71. The Morgan fingerprint density at radius 1 is 1.37 bits per heavy atom. The maximum atomic E-state index is 11.7. The van der Waals surface area contributed by atoms with Crippen LogP contribution in [0.2, 0.25) is 0 Å². The molecule has 4 heteroatoms. The number of carbonyl (C=O) groups is 1. The number of fused-ring (bicyclic) bond motifs is 1. The van der Waals surface area contributed by atoms with Crippen LogP contribution in [-0.2, 0) is 4.74 Å². The Labute approximate surface area is 113 Å². The first-order valence-corrected chi connectivity index (χ1v) is 6.61. The van der Waals surface area contributed by atoms with Crippen molar-refractivity contribution in [3.05, 3.63) is 29.5 Å². The maximum absolute atomic E-state index is 11.7. The number of methoxy groups -OCH3 is 1. The molecule has 1 heterocycles. The van der Waals surface area contributed by atoms with Gasteiger partial charge in [-0.2, -0.15) is 0 Å². The van der Waals surface area contributed by atoms with Crippen LogP contribution in [0.4, 0.5) is 5.69 Å². The van der Waals surface area contributed by atoms with Crippen LogP contribution in [0.15, 0.2) is 18.2 Å². The molecule has 0 spiro atoms. The third-order valence-electron chi connectivity index (χ3n) is 3.13. The Morgan fingerprint density at radius 2 is 2.16 bits per heavy atom. The van der Waals surface area contributed by atoms with E-state index in [2.05, 4.69) is 17.2 Å². The van der Waals surface area contributed by atoms with Crippen LogP contribution in [0.1, 0.15) is 35.8 Å². The number of unbranched alkanes of at least 4 members (excludes halogenated alkanes) is 1. The molecular weight excluding hydrogens is 240 g/mol. The molecule has 102 valence electrons.